The van der Waals surface area contributed by atoms with Crippen molar-refractivity contribution in [1.29, 1.82) is 0 Å². The summed E-state index contributed by atoms with van der Waals surface area (Å²) in [4.78, 5) is 2.30. The number of rotatable bonds is 12. The fourth-order valence-electron chi connectivity index (χ4n) is 4.82. The lowest BCUT2D eigenvalue weighted by atomic mass is 9.98. The highest BCUT2D eigenvalue weighted by atomic mass is 35.5. The normalized spacial score (nSPS) is 11.3. The molecule has 0 aliphatic heterocycles. The molecule has 0 saturated heterocycles. The topological polar surface area (TPSA) is 123 Å². The van der Waals surface area contributed by atoms with Crippen LogP contribution in [0.15, 0.2) is 66.7 Å². The first-order chi connectivity index (χ1) is 17.1. The highest BCUT2D eigenvalue weighted by Gasteiger charge is 2.23. The van der Waals surface area contributed by atoms with Crippen molar-refractivity contribution in [1.82, 2.24) is 10.2 Å². The van der Waals surface area contributed by atoms with Crippen LogP contribution >= 0.6 is 12.4 Å². The summed E-state index contributed by atoms with van der Waals surface area (Å²) in [5.74, 6) is 0. The number of benzene rings is 3. The predicted molar refractivity (Wildman–Crippen MR) is 155 cm³/mol. The molecule has 1 aromatic heterocycles. The van der Waals surface area contributed by atoms with Crippen molar-refractivity contribution in [3.63, 3.8) is 0 Å². The lowest BCUT2D eigenvalue weighted by Crippen LogP contribution is -2.40. The lowest BCUT2D eigenvalue weighted by molar-refractivity contribution is -0.659. The van der Waals surface area contributed by atoms with E-state index in [0.29, 0.717) is 13.1 Å². The Morgan fingerprint density at radius 3 is 2.08 bits per heavy atom. The van der Waals surface area contributed by atoms with Gasteiger partial charge in [-0.25, -0.2) is 0 Å². The van der Waals surface area contributed by atoms with Crippen LogP contribution in [0.25, 0.3) is 32.9 Å². The molecule has 0 amide bonds. The van der Waals surface area contributed by atoms with E-state index < -0.39 is 0 Å². The van der Waals surface area contributed by atoms with E-state index in [1.54, 1.807) is 0 Å². The number of halogens is 1. The molecule has 36 heavy (non-hydrogen) atoms. The molecule has 0 atom stereocenters. The number of hydrogen-bond donors (Lipinski definition) is 5. The molecule has 8 heteroatoms. The first-order valence-corrected chi connectivity index (χ1v) is 12.4. The molecule has 0 aliphatic carbocycles. The smallest absolute Gasteiger partial charge is 0.220 e. The summed E-state index contributed by atoms with van der Waals surface area (Å²) in [6.07, 6.45) is 0.982. The van der Waals surface area contributed by atoms with Gasteiger partial charge in [0.1, 0.15) is 0 Å². The molecule has 0 unspecified atom stereocenters. The predicted octanol–water partition coefficient (Wildman–Crippen LogP) is 2.73. The first kappa shape index (κ1) is 27.6. The molecule has 0 spiro atoms. The van der Waals surface area contributed by atoms with Gasteiger partial charge in [-0.05, 0) is 36.4 Å². The van der Waals surface area contributed by atoms with Gasteiger partial charge in [0.15, 0.2) is 6.54 Å². The Labute approximate surface area is 219 Å². The molecule has 0 radical (unpaired) electrons. The van der Waals surface area contributed by atoms with Gasteiger partial charge >= 0.3 is 0 Å². The van der Waals surface area contributed by atoms with E-state index in [1.807, 2.05) is 18.2 Å². The maximum Gasteiger partial charge on any atom is 0.220 e. The Kier molecular flexibility index (Phi) is 10.3. The number of fused-ring (bicyclic) bond motifs is 3. The van der Waals surface area contributed by atoms with Gasteiger partial charge in [0, 0.05) is 80.6 Å². The average Bonchev–Trinajstić information content (AvgIpc) is 2.86. The molecule has 0 saturated carbocycles. The Morgan fingerprint density at radius 1 is 0.722 bits per heavy atom. The van der Waals surface area contributed by atoms with E-state index in [9.17, 15) is 0 Å². The van der Waals surface area contributed by atoms with Crippen molar-refractivity contribution in [2.45, 2.75) is 13.0 Å². The summed E-state index contributed by atoms with van der Waals surface area (Å²) in [6.45, 7) is 6.70. The molecule has 0 fully saturated rings. The molecular weight excluding hydrogens is 470 g/mol. The largest absolute Gasteiger partial charge is 0.399 e. The molecule has 0 aliphatic rings. The second-order valence-corrected chi connectivity index (χ2v) is 8.97. The number of pyridine rings is 1. The van der Waals surface area contributed by atoms with Crippen molar-refractivity contribution in [3.8, 4) is 11.3 Å². The van der Waals surface area contributed by atoms with Crippen molar-refractivity contribution in [2.75, 3.05) is 57.3 Å². The molecule has 9 N–H and O–H groups in total. The molecule has 7 nitrogen and oxygen atoms in total. The Balaban J connectivity index is 0.00000361. The Bertz CT molecular complexity index is 1260. The summed E-state index contributed by atoms with van der Waals surface area (Å²) in [5.41, 5.74) is 28.9. The second kappa shape index (κ2) is 13.4. The quantitative estimate of drug-likeness (QED) is 0.0867. The molecule has 4 aromatic rings. The van der Waals surface area contributed by atoms with Gasteiger partial charge < -0.3 is 28.3 Å². The number of aromatic nitrogens is 1. The number of hydrogen-bond acceptors (Lipinski definition) is 6. The van der Waals surface area contributed by atoms with Crippen molar-refractivity contribution >= 4 is 45.5 Å². The van der Waals surface area contributed by atoms with Crippen LogP contribution in [0.1, 0.15) is 6.42 Å². The number of nitrogen functional groups attached to an aromatic ring is 2. The monoisotopic (exact) mass is 508 g/mol. The van der Waals surface area contributed by atoms with Gasteiger partial charge in [-0.1, -0.05) is 24.3 Å². The third-order valence-electron chi connectivity index (χ3n) is 6.45. The van der Waals surface area contributed by atoms with E-state index in [-0.39, 0.29) is 12.4 Å². The van der Waals surface area contributed by atoms with Crippen molar-refractivity contribution < 1.29 is 4.57 Å². The third-order valence-corrected chi connectivity index (χ3v) is 6.45. The van der Waals surface area contributed by atoms with Gasteiger partial charge in [0.2, 0.25) is 11.2 Å². The van der Waals surface area contributed by atoms with Crippen LogP contribution in [0.5, 0.6) is 0 Å². The summed E-state index contributed by atoms with van der Waals surface area (Å²) < 4.78 is 2.40. The maximum absolute atomic E-state index is 6.25. The van der Waals surface area contributed by atoms with E-state index >= 15 is 0 Å². The Hall–Kier alpha value is -2.94. The second-order valence-electron chi connectivity index (χ2n) is 8.97. The fourth-order valence-corrected chi connectivity index (χ4v) is 4.82. The number of nitrogens with two attached hydrogens (primary N) is 4. The molecule has 1 heterocycles. The van der Waals surface area contributed by atoms with Crippen LogP contribution in [0, 0.1) is 0 Å². The SMILES string of the molecule is Cl.NCCN(CCN)CCNCCC[n+]1c(-c2ccccc2)c2cc(N)ccc2c2ccc(N)cc21. The van der Waals surface area contributed by atoms with Crippen molar-refractivity contribution in [2.24, 2.45) is 11.5 Å². The fraction of sp³-hybridized carbons (Fsp3) is 0.321. The number of nitrogens with zero attached hydrogens (tertiary/aromatic N) is 2. The number of anilines is 2. The molecular formula is C28H39ClN7+. The zero-order valence-electron chi connectivity index (χ0n) is 20.8. The lowest BCUT2D eigenvalue weighted by Gasteiger charge is -2.20. The molecule has 192 valence electrons. The van der Waals surface area contributed by atoms with Crippen molar-refractivity contribution in [3.05, 3.63) is 66.7 Å². The Morgan fingerprint density at radius 2 is 1.39 bits per heavy atom. The van der Waals surface area contributed by atoms with E-state index in [2.05, 4.69) is 63.3 Å². The van der Waals surface area contributed by atoms with Crippen LogP contribution in [0.3, 0.4) is 0 Å². The minimum absolute atomic E-state index is 0. The van der Waals surface area contributed by atoms with E-state index in [4.69, 9.17) is 22.9 Å². The first-order valence-electron chi connectivity index (χ1n) is 12.4. The van der Waals surface area contributed by atoms with Gasteiger partial charge in [-0.3, -0.25) is 4.90 Å². The summed E-state index contributed by atoms with van der Waals surface area (Å²) in [5, 5.41) is 7.10. The van der Waals surface area contributed by atoms with Crippen LogP contribution in [0.2, 0.25) is 0 Å². The number of nitrogens with one attached hydrogen (secondary N) is 1. The number of aryl methyl sites for hydroxylation is 1. The minimum atomic E-state index is 0. The van der Waals surface area contributed by atoms with Gasteiger partial charge in [-0.2, -0.15) is 4.57 Å². The zero-order valence-corrected chi connectivity index (χ0v) is 21.6. The van der Waals surface area contributed by atoms with Crippen LogP contribution < -0.4 is 32.8 Å². The van der Waals surface area contributed by atoms with Crippen LogP contribution in [0.4, 0.5) is 11.4 Å². The maximum atomic E-state index is 6.25. The molecule has 3 aromatic carbocycles. The standard InChI is InChI=1S/C28H37N7.ClH/c29-11-16-34(17-12-30)18-14-33-13-4-15-35-27-20-23(32)8-10-25(27)24-9-7-22(31)19-26(24)28(35)21-5-2-1-3-6-21;/h1-3,5-10,19-20,32-33H,4,11-18,29-31H2;1H/p+1. The average molecular weight is 509 g/mol. The van der Waals surface area contributed by atoms with E-state index in [1.165, 1.54) is 22.0 Å². The molecule has 0 bridgehead atoms. The minimum Gasteiger partial charge on any atom is -0.399 e. The highest BCUT2D eigenvalue weighted by molar-refractivity contribution is 6.10. The molecule has 4 rings (SSSR count). The zero-order chi connectivity index (χ0) is 24.6. The highest BCUT2D eigenvalue weighted by Crippen LogP contribution is 2.33. The summed E-state index contributed by atoms with van der Waals surface area (Å²) in [6, 6.07) is 22.9. The van der Waals surface area contributed by atoms with Crippen LogP contribution in [-0.4, -0.2) is 50.7 Å². The van der Waals surface area contributed by atoms with Gasteiger partial charge in [-0.15, -0.1) is 12.4 Å². The summed E-state index contributed by atoms with van der Waals surface area (Å²) in [7, 11) is 0. The summed E-state index contributed by atoms with van der Waals surface area (Å²) >= 11 is 0. The van der Waals surface area contributed by atoms with E-state index in [0.717, 1.165) is 68.0 Å². The third kappa shape index (κ3) is 6.43. The van der Waals surface area contributed by atoms with Crippen LogP contribution in [-0.2, 0) is 6.54 Å². The van der Waals surface area contributed by atoms with Gasteiger partial charge in [0.05, 0.1) is 10.8 Å². The van der Waals surface area contributed by atoms with Gasteiger partial charge in [0.25, 0.3) is 0 Å².